The summed E-state index contributed by atoms with van der Waals surface area (Å²) >= 11 is 4.94. The lowest BCUT2D eigenvalue weighted by atomic mass is 10.1. The monoisotopic (exact) mass is 396 g/mol. The van der Waals surface area contributed by atoms with Crippen LogP contribution in [0.3, 0.4) is 0 Å². The second-order valence-electron chi connectivity index (χ2n) is 5.97. The number of nitrogens with one attached hydrogen (secondary N) is 2. The van der Waals surface area contributed by atoms with E-state index in [2.05, 4.69) is 5.32 Å². The molecule has 28 heavy (non-hydrogen) atoms. The normalized spacial score (nSPS) is 10.4. The van der Waals surface area contributed by atoms with Crippen LogP contribution in [-0.2, 0) is 0 Å². The second kappa shape index (κ2) is 9.16. The summed E-state index contributed by atoms with van der Waals surface area (Å²) in [6.45, 7) is 0.650. The van der Waals surface area contributed by atoms with Gasteiger partial charge in [-0.05, 0) is 47.2 Å². The topological polar surface area (TPSA) is 79.8 Å². The van der Waals surface area contributed by atoms with Crippen molar-refractivity contribution in [2.24, 2.45) is 0 Å². The molecule has 0 aliphatic heterocycles. The standard InChI is InChI=1S/C21H20N2O4S/c1-26-19-13-16-5-3-2-4-15(16)12-18(19)20(24)22-10-11-27-17-8-6-14(7-9-17)21(28)23-25/h2-9,12-13,25H,10-11H2,1H3,(H,22,24)(H,23,28). The molecule has 0 atom stereocenters. The fourth-order valence-electron chi connectivity index (χ4n) is 2.76. The maximum atomic E-state index is 12.5. The van der Waals surface area contributed by atoms with Gasteiger partial charge in [0, 0.05) is 5.56 Å². The number of hydroxylamine groups is 1. The minimum absolute atomic E-state index is 0.221. The molecule has 0 aromatic heterocycles. The number of fused-ring (bicyclic) bond motifs is 1. The fourth-order valence-corrected chi connectivity index (χ4v) is 2.90. The van der Waals surface area contributed by atoms with E-state index in [1.807, 2.05) is 41.9 Å². The van der Waals surface area contributed by atoms with Gasteiger partial charge >= 0.3 is 0 Å². The third-order valence-electron chi connectivity index (χ3n) is 4.19. The molecule has 0 saturated heterocycles. The average molecular weight is 396 g/mol. The molecule has 3 rings (SSSR count). The molecule has 6 nitrogen and oxygen atoms in total. The quantitative estimate of drug-likeness (QED) is 0.323. The molecule has 1 amide bonds. The Bertz CT molecular complexity index is 989. The summed E-state index contributed by atoms with van der Waals surface area (Å²) in [4.78, 5) is 12.8. The van der Waals surface area contributed by atoms with Gasteiger partial charge in [-0.2, -0.15) is 0 Å². The molecule has 0 bridgehead atoms. The van der Waals surface area contributed by atoms with Crippen LogP contribution in [0.25, 0.3) is 10.8 Å². The molecule has 0 spiro atoms. The number of amides is 1. The first kappa shape index (κ1) is 19.6. The molecule has 7 heteroatoms. The Morgan fingerprint density at radius 3 is 2.39 bits per heavy atom. The number of benzene rings is 3. The Morgan fingerprint density at radius 2 is 1.75 bits per heavy atom. The Morgan fingerprint density at radius 1 is 1.07 bits per heavy atom. The van der Waals surface area contributed by atoms with Crippen LogP contribution in [0, 0.1) is 0 Å². The van der Waals surface area contributed by atoms with Crippen molar-refractivity contribution < 1.29 is 19.5 Å². The van der Waals surface area contributed by atoms with E-state index >= 15 is 0 Å². The van der Waals surface area contributed by atoms with Crippen molar-refractivity contribution in [3.05, 3.63) is 71.8 Å². The maximum absolute atomic E-state index is 12.5. The molecule has 0 heterocycles. The van der Waals surface area contributed by atoms with Crippen LogP contribution in [0.1, 0.15) is 15.9 Å². The molecule has 144 valence electrons. The number of carbonyl (C=O) groups is 1. The fraction of sp³-hybridized carbons (Fsp3) is 0.143. The Labute approximate surface area is 168 Å². The molecule has 0 saturated carbocycles. The number of hydrogen-bond donors (Lipinski definition) is 3. The van der Waals surface area contributed by atoms with Crippen molar-refractivity contribution in [3.8, 4) is 11.5 Å². The van der Waals surface area contributed by atoms with E-state index in [9.17, 15) is 4.79 Å². The summed E-state index contributed by atoms with van der Waals surface area (Å²) < 4.78 is 11.0. The highest BCUT2D eigenvalue weighted by Gasteiger charge is 2.13. The van der Waals surface area contributed by atoms with Gasteiger partial charge in [-0.1, -0.05) is 36.5 Å². The molecule has 3 N–H and O–H groups in total. The smallest absolute Gasteiger partial charge is 0.255 e. The molecule has 0 aliphatic rings. The van der Waals surface area contributed by atoms with Crippen LogP contribution in [-0.4, -0.2) is 36.4 Å². The van der Waals surface area contributed by atoms with Crippen LogP contribution in [0.15, 0.2) is 60.7 Å². The van der Waals surface area contributed by atoms with Gasteiger partial charge < -0.3 is 14.8 Å². The lowest BCUT2D eigenvalue weighted by molar-refractivity contribution is 0.0944. The zero-order valence-electron chi connectivity index (χ0n) is 15.3. The van der Waals surface area contributed by atoms with Crippen LogP contribution in [0.5, 0.6) is 11.5 Å². The SMILES string of the molecule is COc1cc2ccccc2cc1C(=O)NCCOc1ccc(C(=S)NO)cc1. The molecular formula is C21H20N2O4S. The number of rotatable bonds is 7. The van der Waals surface area contributed by atoms with E-state index in [1.54, 1.807) is 31.4 Å². The molecule has 0 unspecified atom stereocenters. The summed E-state index contributed by atoms with van der Waals surface area (Å²) in [6.07, 6.45) is 0. The van der Waals surface area contributed by atoms with Crippen molar-refractivity contribution in [1.82, 2.24) is 10.8 Å². The van der Waals surface area contributed by atoms with E-state index in [1.165, 1.54) is 0 Å². The maximum Gasteiger partial charge on any atom is 0.255 e. The first-order chi connectivity index (χ1) is 13.6. The second-order valence-corrected chi connectivity index (χ2v) is 6.38. The van der Waals surface area contributed by atoms with Gasteiger partial charge in [0.05, 0.1) is 19.2 Å². The van der Waals surface area contributed by atoms with E-state index < -0.39 is 0 Å². The van der Waals surface area contributed by atoms with Gasteiger partial charge in [0.2, 0.25) is 0 Å². The molecular weight excluding hydrogens is 376 g/mol. The van der Waals surface area contributed by atoms with Crippen molar-refractivity contribution in [2.45, 2.75) is 0 Å². The predicted octanol–water partition coefficient (Wildman–Crippen LogP) is 3.31. The summed E-state index contributed by atoms with van der Waals surface area (Å²) in [7, 11) is 1.55. The number of hydrogen-bond acceptors (Lipinski definition) is 5. The van der Waals surface area contributed by atoms with Crippen LogP contribution in [0.4, 0.5) is 0 Å². The largest absolute Gasteiger partial charge is 0.496 e. The van der Waals surface area contributed by atoms with Crippen LogP contribution < -0.4 is 20.3 Å². The van der Waals surface area contributed by atoms with Crippen molar-refractivity contribution in [3.63, 3.8) is 0 Å². The Hall–Kier alpha value is -3.16. The number of carbonyl (C=O) groups excluding carboxylic acids is 1. The summed E-state index contributed by atoms with van der Waals surface area (Å²) in [6, 6.07) is 18.4. The highest BCUT2D eigenvalue weighted by atomic mass is 32.1. The number of methoxy groups -OCH3 is 1. The minimum Gasteiger partial charge on any atom is -0.496 e. The van der Waals surface area contributed by atoms with Gasteiger partial charge in [0.15, 0.2) is 0 Å². The molecule has 3 aromatic rings. The summed E-state index contributed by atoms with van der Waals surface area (Å²) in [5, 5.41) is 13.6. The lowest BCUT2D eigenvalue weighted by Gasteiger charge is -2.12. The Kier molecular flexibility index (Phi) is 6.41. The minimum atomic E-state index is -0.221. The number of thiocarbonyl (C=S) groups is 1. The zero-order valence-corrected chi connectivity index (χ0v) is 16.1. The van der Waals surface area contributed by atoms with Gasteiger partial charge in [-0.25, -0.2) is 0 Å². The van der Waals surface area contributed by atoms with Gasteiger partial charge in [-0.15, -0.1) is 0 Å². The van der Waals surface area contributed by atoms with Crippen LogP contribution >= 0.6 is 12.2 Å². The first-order valence-electron chi connectivity index (χ1n) is 8.64. The molecule has 0 aliphatic carbocycles. The van der Waals surface area contributed by atoms with Gasteiger partial charge in [0.1, 0.15) is 23.1 Å². The summed E-state index contributed by atoms with van der Waals surface area (Å²) in [5.41, 5.74) is 3.10. The third-order valence-corrected chi connectivity index (χ3v) is 4.51. The van der Waals surface area contributed by atoms with E-state index in [4.69, 9.17) is 26.9 Å². The third kappa shape index (κ3) is 4.57. The van der Waals surface area contributed by atoms with E-state index in [0.29, 0.717) is 35.8 Å². The highest BCUT2D eigenvalue weighted by molar-refractivity contribution is 7.80. The lowest BCUT2D eigenvalue weighted by Crippen LogP contribution is -2.28. The van der Waals surface area contributed by atoms with E-state index in [-0.39, 0.29) is 10.9 Å². The Balaban J connectivity index is 1.57. The van der Waals surface area contributed by atoms with Crippen molar-refractivity contribution in [1.29, 1.82) is 0 Å². The zero-order chi connectivity index (χ0) is 19.9. The molecule has 3 aromatic carbocycles. The molecule has 0 fully saturated rings. The van der Waals surface area contributed by atoms with E-state index in [0.717, 1.165) is 10.8 Å². The van der Waals surface area contributed by atoms with Crippen molar-refractivity contribution in [2.75, 3.05) is 20.3 Å². The average Bonchev–Trinajstić information content (AvgIpc) is 2.75. The summed E-state index contributed by atoms with van der Waals surface area (Å²) in [5.74, 6) is 0.948. The van der Waals surface area contributed by atoms with Crippen LogP contribution in [0.2, 0.25) is 0 Å². The van der Waals surface area contributed by atoms with Gasteiger partial charge in [0.25, 0.3) is 5.91 Å². The highest BCUT2D eigenvalue weighted by Crippen LogP contribution is 2.25. The first-order valence-corrected chi connectivity index (χ1v) is 9.05. The number of ether oxygens (including phenoxy) is 2. The van der Waals surface area contributed by atoms with Gasteiger partial charge in [-0.3, -0.25) is 15.5 Å². The molecule has 0 radical (unpaired) electrons. The van der Waals surface area contributed by atoms with Crippen molar-refractivity contribution >= 4 is 33.9 Å². The predicted molar refractivity (Wildman–Crippen MR) is 111 cm³/mol.